The molecule has 5 nitrogen and oxygen atoms in total. The second-order valence-electron chi connectivity index (χ2n) is 3.90. The predicted octanol–water partition coefficient (Wildman–Crippen LogP) is 0.556. The van der Waals surface area contributed by atoms with Crippen LogP contribution in [0, 0.1) is 0 Å². The predicted molar refractivity (Wildman–Crippen MR) is 63.1 cm³/mol. The van der Waals surface area contributed by atoms with Gasteiger partial charge in [-0.2, -0.15) is 0 Å². The molecule has 2 rings (SSSR count). The minimum absolute atomic E-state index is 0.186. The number of nitrogens with zero attached hydrogens (tertiary/aromatic N) is 1. The molecule has 1 aliphatic heterocycles. The van der Waals surface area contributed by atoms with Crippen LogP contribution in [0.5, 0.6) is 0 Å². The Morgan fingerprint density at radius 2 is 2.00 bits per heavy atom. The maximum Gasteiger partial charge on any atom is 0.267 e. The van der Waals surface area contributed by atoms with E-state index in [0.29, 0.717) is 16.8 Å². The molecule has 6 heteroatoms. The maximum atomic E-state index is 11.4. The first kappa shape index (κ1) is 11.7. The summed E-state index contributed by atoms with van der Waals surface area (Å²) in [5.41, 5.74) is 7.19. The largest absolute Gasteiger partial charge is 0.364 e. The van der Waals surface area contributed by atoms with Crippen LogP contribution in [0.15, 0.2) is 28.8 Å². The lowest BCUT2D eigenvalue weighted by Gasteiger charge is -2.02. The van der Waals surface area contributed by atoms with Gasteiger partial charge in [0.25, 0.3) is 5.91 Å². The minimum Gasteiger partial charge on any atom is -0.364 e. The Kier molecular flexibility index (Phi) is 2.46. The number of primary amides is 1. The number of hydrogen-bond acceptors (Lipinski definition) is 3. The number of fused-ring (bicyclic) bond motifs is 1. The molecule has 0 aliphatic carbocycles. The smallest absolute Gasteiger partial charge is 0.267 e. The SMILES string of the molecule is CC1=C(C(N)=O)[N]c2ccc(S(C)(=O)=O)cc21. The van der Waals surface area contributed by atoms with Crippen molar-refractivity contribution >= 4 is 27.0 Å². The van der Waals surface area contributed by atoms with E-state index in [2.05, 4.69) is 5.32 Å². The summed E-state index contributed by atoms with van der Waals surface area (Å²) in [7, 11) is -3.27. The number of hydrogen-bond donors (Lipinski definition) is 1. The van der Waals surface area contributed by atoms with E-state index >= 15 is 0 Å². The Hall–Kier alpha value is -1.82. The van der Waals surface area contributed by atoms with Crippen molar-refractivity contribution in [2.24, 2.45) is 5.73 Å². The third kappa shape index (κ3) is 1.91. The van der Waals surface area contributed by atoms with Crippen LogP contribution >= 0.6 is 0 Å². The number of carbonyl (C=O) groups is 1. The van der Waals surface area contributed by atoms with Crippen molar-refractivity contribution in [3.05, 3.63) is 29.5 Å². The van der Waals surface area contributed by atoms with Crippen molar-refractivity contribution < 1.29 is 13.2 Å². The standard InChI is InChI=1S/C11H11N2O3S/c1-6-8-5-7(17(2,15)16)3-4-9(8)13-10(6)11(12)14/h3-5H,1-2H3,(H2,12,14). The van der Waals surface area contributed by atoms with Gasteiger partial charge < -0.3 is 5.73 Å². The molecule has 0 aromatic heterocycles. The van der Waals surface area contributed by atoms with E-state index in [-0.39, 0.29) is 10.6 Å². The molecule has 1 radical (unpaired) electrons. The lowest BCUT2D eigenvalue weighted by atomic mass is 10.1. The van der Waals surface area contributed by atoms with Gasteiger partial charge in [-0.05, 0) is 30.7 Å². The van der Waals surface area contributed by atoms with E-state index < -0.39 is 15.7 Å². The summed E-state index contributed by atoms with van der Waals surface area (Å²) in [6.45, 7) is 1.70. The Labute approximate surface area is 99.2 Å². The number of amides is 1. The van der Waals surface area contributed by atoms with Gasteiger partial charge in [0.05, 0.1) is 10.6 Å². The molecular weight excluding hydrogens is 240 g/mol. The van der Waals surface area contributed by atoms with E-state index in [4.69, 9.17) is 5.73 Å². The van der Waals surface area contributed by atoms with Gasteiger partial charge in [-0.15, -0.1) is 0 Å². The highest BCUT2D eigenvalue weighted by atomic mass is 32.2. The van der Waals surface area contributed by atoms with Crippen molar-refractivity contribution in [1.29, 1.82) is 0 Å². The summed E-state index contributed by atoms with van der Waals surface area (Å²) in [4.78, 5) is 11.3. The lowest BCUT2D eigenvalue weighted by molar-refractivity contribution is -0.114. The summed E-state index contributed by atoms with van der Waals surface area (Å²) >= 11 is 0. The van der Waals surface area contributed by atoms with Crippen molar-refractivity contribution in [3.63, 3.8) is 0 Å². The van der Waals surface area contributed by atoms with E-state index in [1.54, 1.807) is 13.0 Å². The summed E-state index contributed by atoms with van der Waals surface area (Å²) < 4.78 is 22.8. The zero-order valence-electron chi connectivity index (χ0n) is 9.39. The zero-order valence-corrected chi connectivity index (χ0v) is 10.2. The third-order valence-electron chi connectivity index (χ3n) is 2.62. The van der Waals surface area contributed by atoms with E-state index in [1.165, 1.54) is 12.1 Å². The normalized spacial score (nSPS) is 14.5. The number of nitrogens with two attached hydrogens (primary N) is 1. The molecule has 0 atom stereocenters. The maximum absolute atomic E-state index is 11.4. The van der Waals surface area contributed by atoms with Gasteiger partial charge in [-0.25, -0.2) is 13.7 Å². The molecule has 0 spiro atoms. The molecule has 89 valence electrons. The second-order valence-corrected chi connectivity index (χ2v) is 5.92. The minimum atomic E-state index is -3.27. The van der Waals surface area contributed by atoms with Gasteiger partial charge >= 0.3 is 0 Å². The number of benzene rings is 1. The van der Waals surface area contributed by atoms with Crippen LogP contribution in [0.1, 0.15) is 12.5 Å². The second kappa shape index (κ2) is 3.59. The fraction of sp³-hybridized carbons (Fsp3) is 0.182. The highest BCUT2D eigenvalue weighted by Gasteiger charge is 2.24. The number of rotatable bonds is 2. The first-order valence-electron chi connectivity index (χ1n) is 4.87. The first-order chi connectivity index (χ1) is 7.80. The lowest BCUT2D eigenvalue weighted by Crippen LogP contribution is -2.17. The van der Waals surface area contributed by atoms with Gasteiger partial charge in [0.1, 0.15) is 5.70 Å². The monoisotopic (exact) mass is 251 g/mol. The molecule has 0 unspecified atom stereocenters. The van der Waals surface area contributed by atoms with Crippen molar-refractivity contribution in [1.82, 2.24) is 5.32 Å². The Balaban J connectivity index is 2.60. The molecule has 0 saturated heterocycles. The molecule has 1 aromatic rings. The molecule has 1 heterocycles. The van der Waals surface area contributed by atoms with Crippen LogP contribution in [0.2, 0.25) is 0 Å². The Morgan fingerprint density at radius 3 is 2.53 bits per heavy atom. The first-order valence-corrected chi connectivity index (χ1v) is 6.77. The van der Waals surface area contributed by atoms with E-state index in [1.807, 2.05) is 0 Å². The molecule has 0 fully saturated rings. The number of sulfone groups is 1. The molecule has 1 amide bonds. The summed E-state index contributed by atoms with van der Waals surface area (Å²) in [6.07, 6.45) is 1.13. The molecular formula is C11H11N2O3S. The van der Waals surface area contributed by atoms with Gasteiger partial charge in [0.2, 0.25) is 0 Å². The zero-order chi connectivity index (χ0) is 12.8. The highest BCUT2D eigenvalue weighted by Crippen LogP contribution is 2.35. The van der Waals surface area contributed by atoms with Gasteiger partial charge in [-0.3, -0.25) is 4.79 Å². The summed E-state index contributed by atoms with van der Waals surface area (Å²) in [6, 6.07) is 4.56. The van der Waals surface area contributed by atoms with E-state index in [0.717, 1.165) is 6.26 Å². The Bertz CT molecular complexity index is 645. The van der Waals surface area contributed by atoms with Crippen molar-refractivity contribution in [2.45, 2.75) is 11.8 Å². The number of carbonyl (C=O) groups excluding carboxylic acids is 1. The fourth-order valence-electron chi connectivity index (χ4n) is 1.72. The number of allylic oxidation sites excluding steroid dienone is 1. The van der Waals surface area contributed by atoms with Crippen LogP contribution in [-0.4, -0.2) is 20.6 Å². The van der Waals surface area contributed by atoms with Gasteiger partial charge in [-0.1, -0.05) is 0 Å². The average Bonchev–Trinajstić information content (AvgIpc) is 2.54. The molecule has 1 aromatic carbocycles. The third-order valence-corrected chi connectivity index (χ3v) is 3.73. The van der Waals surface area contributed by atoms with Crippen LogP contribution in [0.25, 0.3) is 5.57 Å². The molecule has 0 bridgehead atoms. The fourth-order valence-corrected chi connectivity index (χ4v) is 2.36. The van der Waals surface area contributed by atoms with Crippen LogP contribution < -0.4 is 11.1 Å². The van der Waals surface area contributed by atoms with Gasteiger partial charge in [0, 0.05) is 11.8 Å². The molecule has 2 N–H and O–H groups in total. The molecule has 1 aliphatic rings. The highest BCUT2D eigenvalue weighted by molar-refractivity contribution is 7.90. The van der Waals surface area contributed by atoms with Crippen LogP contribution in [0.4, 0.5) is 5.69 Å². The van der Waals surface area contributed by atoms with E-state index in [9.17, 15) is 13.2 Å². The average molecular weight is 251 g/mol. The van der Waals surface area contributed by atoms with Crippen LogP contribution in [-0.2, 0) is 14.6 Å². The van der Waals surface area contributed by atoms with Crippen LogP contribution in [0.3, 0.4) is 0 Å². The summed E-state index contributed by atoms with van der Waals surface area (Å²) in [5.74, 6) is -0.611. The van der Waals surface area contributed by atoms with Crippen molar-refractivity contribution in [3.8, 4) is 0 Å². The van der Waals surface area contributed by atoms with Crippen molar-refractivity contribution in [2.75, 3.05) is 6.26 Å². The quantitative estimate of drug-likeness (QED) is 0.832. The molecule has 0 saturated carbocycles. The topological polar surface area (TPSA) is 91.3 Å². The van der Waals surface area contributed by atoms with Gasteiger partial charge in [0.15, 0.2) is 9.84 Å². The summed E-state index contributed by atoms with van der Waals surface area (Å²) in [5, 5.41) is 4.07. The molecule has 17 heavy (non-hydrogen) atoms. The Morgan fingerprint density at radius 1 is 1.35 bits per heavy atom.